The Bertz CT molecular complexity index is 852. The van der Waals surface area contributed by atoms with Gasteiger partial charge in [-0.25, -0.2) is 14.8 Å². The highest BCUT2D eigenvalue weighted by Crippen LogP contribution is 2.23. The van der Waals surface area contributed by atoms with Gasteiger partial charge < -0.3 is 15.0 Å². The topological polar surface area (TPSA) is 87.7 Å². The fourth-order valence-corrected chi connectivity index (χ4v) is 3.28. The zero-order valence-corrected chi connectivity index (χ0v) is 16.1. The highest BCUT2D eigenvalue weighted by atomic mass is 35.5. The number of carbonyl (C=O) groups is 2. The molecule has 0 aromatic carbocycles. The first kappa shape index (κ1) is 19.3. The van der Waals surface area contributed by atoms with Gasteiger partial charge in [-0.05, 0) is 30.7 Å². The molecular weight excluding hydrogens is 370 g/mol. The summed E-state index contributed by atoms with van der Waals surface area (Å²) >= 11 is 6.17. The van der Waals surface area contributed by atoms with E-state index in [1.54, 1.807) is 17.9 Å². The molecule has 1 N–H and O–H groups in total. The minimum atomic E-state index is -0.260. The second-order valence-electron chi connectivity index (χ2n) is 6.32. The number of amides is 2. The predicted octanol–water partition coefficient (Wildman–Crippen LogP) is 2.52. The fraction of sp³-hybridized carbons (Fsp3) is 0.444. The lowest BCUT2D eigenvalue weighted by molar-refractivity contribution is -0.114. The van der Waals surface area contributed by atoms with Gasteiger partial charge in [0.15, 0.2) is 5.65 Å². The van der Waals surface area contributed by atoms with Crippen molar-refractivity contribution in [2.45, 2.75) is 20.4 Å². The molecule has 0 radical (unpaired) electrons. The number of rotatable bonds is 4. The standard InChI is InChI=1S/C18H22ClN5O3/c1-3-27-18(26)24-8-6-23(7-9-24)11-13-10-15(19)21-17-14(13)4-5-16(22-17)20-12(2)25/h4-5,10H,3,6-9,11H2,1-2H3,(H,20,21,22,25). The Morgan fingerprint density at radius 2 is 1.96 bits per heavy atom. The molecule has 0 atom stereocenters. The molecule has 0 bridgehead atoms. The van der Waals surface area contributed by atoms with Gasteiger partial charge in [0.2, 0.25) is 5.91 Å². The summed E-state index contributed by atoms with van der Waals surface area (Å²) in [6.07, 6.45) is -0.260. The number of nitrogens with one attached hydrogen (secondary N) is 1. The molecule has 2 amide bonds. The predicted molar refractivity (Wildman–Crippen MR) is 103 cm³/mol. The van der Waals surface area contributed by atoms with Crippen LogP contribution in [-0.2, 0) is 16.1 Å². The van der Waals surface area contributed by atoms with Crippen LogP contribution in [0.2, 0.25) is 5.15 Å². The number of piperazine rings is 1. The van der Waals surface area contributed by atoms with Crippen LogP contribution in [0, 0.1) is 0 Å². The Balaban J connectivity index is 1.73. The van der Waals surface area contributed by atoms with Crippen LogP contribution in [0.4, 0.5) is 10.6 Å². The minimum absolute atomic E-state index is 0.191. The van der Waals surface area contributed by atoms with Crippen LogP contribution < -0.4 is 5.32 Å². The van der Waals surface area contributed by atoms with Crippen molar-refractivity contribution in [1.82, 2.24) is 19.8 Å². The highest BCUT2D eigenvalue weighted by molar-refractivity contribution is 6.29. The Labute approximate surface area is 162 Å². The SMILES string of the molecule is CCOC(=O)N1CCN(Cc2cc(Cl)nc3nc(NC(C)=O)ccc23)CC1. The van der Waals surface area contributed by atoms with E-state index in [-0.39, 0.29) is 12.0 Å². The van der Waals surface area contributed by atoms with Gasteiger partial charge in [-0.3, -0.25) is 9.69 Å². The van der Waals surface area contributed by atoms with E-state index >= 15 is 0 Å². The summed E-state index contributed by atoms with van der Waals surface area (Å²) in [5.74, 6) is 0.252. The maximum absolute atomic E-state index is 11.8. The molecule has 1 aliphatic heterocycles. The van der Waals surface area contributed by atoms with E-state index in [0.29, 0.717) is 42.9 Å². The average molecular weight is 392 g/mol. The normalized spacial score (nSPS) is 15.0. The summed E-state index contributed by atoms with van der Waals surface area (Å²) in [4.78, 5) is 35.6. The number of hydrogen-bond donors (Lipinski definition) is 1. The van der Waals surface area contributed by atoms with Crippen LogP contribution in [0.5, 0.6) is 0 Å². The van der Waals surface area contributed by atoms with Crippen LogP contribution in [-0.4, -0.2) is 64.6 Å². The number of hydrogen-bond acceptors (Lipinski definition) is 6. The lowest BCUT2D eigenvalue weighted by atomic mass is 10.1. The zero-order valence-electron chi connectivity index (χ0n) is 15.4. The van der Waals surface area contributed by atoms with Gasteiger partial charge >= 0.3 is 6.09 Å². The van der Waals surface area contributed by atoms with E-state index in [9.17, 15) is 9.59 Å². The van der Waals surface area contributed by atoms with Crippen molar-refractivity contribution in [2.24, 2.45) is 0 Å². The summed E-state index contributed by atoms with van der Waals surface area (Å²) in [6.45, 7) is 7.04. The van der Waals surface area contributed by atoms with Crippen molar-refractivity contribution in [3.63, 3.8) is 0 Å². The van der Waals surface area contributed by atoms with Crippen LogP contribution in [0.1, 0.15) is 19.4 Å². The first-order valence-corrected chi connectivity index (χ1v) is 9.22. The molecule has 0 unspecified atom stereocenters. The van der Waals surface area contributed by atoms with Gasteiger partial charge in [0, 0.05) is 45.0 Å². The van der Waals surface area contributed by atoms with Gasteiger partial charge in [0.1, 0.15) is 11.0 Å². The van der Waals surface area contributed by atoms with Crippen molar-refractivity contribution in [1.29, 1.82) is 0 Å². The number of anilines is 1. The van der Waals surface area contributed by atoms with E-state index in [1.165, 1.54) is 6.92 Å². The number of ether oxygens (including phenoxy) is 1. The van der Waals surface area contributed by atoms with E-state index < -0.39 is 0 Å². The molecule has 0 aliphatic carbocycles. The molecular formula is C18H22ClN5O3. The number of pyridine rings is 2. The average Bonchev–Trinajstić information content (AvgIpc) is 2.61. The first-order valence-electron chi connectivity index (χ1n) is 8.84. The van der Waals surface area contributed by atoms with Gasteiger partial charge in [-0.2, -0.15) is 0 Å². The number of aromatic nitrogens is 2. The van der Waals surface area contributed by atoms with Crippen molar-refractivity contribution < 1.29 is 14.3 Å². The smallest absolute Gasteiger partial charge is 0.409 e. The van der Waals surface area contributed by atoms with Crippen molar-refractivity contribution in [3.8, 4) is 0 Å². The van der Waals surface area contributed by atoms with Gasteiger partial charge in [-0.1, -0.05) is 11.6 Å². The third-order valence-corrected chi connectivity index (χ3v) is 4.52. The summed E-state index contributed by atoms with van der Waals surface area (Å²) in [5, 5.41) is 3.90. The van der Waals surface area contributed by atoms with Crippen LogP contribution >= 0.6 is 11.6 Å². The summed E-state index contributed by atoms with van der Waals surface area (Å²) in [7, 11) is 0. The minimum Gasteiger partial charge on any atom is -0.450 e. The highest BCUT2D eigenvalue weighted by Gasteiger charge is 2.22. The van der Waals surface area contributed by atoms with E-state index in [0.717, 1.165) is 24.0 Å². The Hall–Kier alpha value is -2.45. The van der Waals surface area contributed by atoms with Gasteiger partial charge in [0.05, 0.1) is 6.61 Å². The maximum atomic E-state index is 11.8. The van der Waals surface area contributed by atoms with Crippen molar-refractivity contribution in [3.05, 3.63) is 28.9 Å². The third-order valence-electron chi connectivity index (χ3n) is 4.32. The molecule has 3 heterocycles. The molecule has 8 nitrogen and oxygen atoms in total. The summed E-state index contributed by atoms with van der Waals surface area (Å²) < 4.78 is 5.05. The summed E-state index contributed by atoms with van der Waals surface area (Å²) in [6, 6.07) is 5.48. The number of nitrogens with zero attached hydrogens (tertiary/aromatic N) is 4. The zero-order chi connectivity index (χ0) is 19.4. The maximum Gasteiger partial charge on any atom is 0.409 e. The lowest BCUT2D eigenvalue weighted by Gasteiger charge is -2.34. The van der Waals surface area contributed by atoms with Crippen LogP contribution in [0.15, 0.2) is 18.2 Å². The molecule has 1 fully saturated rings. The van der Waals surface area contributed by atoms with Gasteiger partial charge in [-0.15, -0.1) is 0 Å². The molecule has 3 rings (SSSR count). The molecule has 0 spiro atoms. The van der Waals surface area contributed by atoms with Crippen molar-refractivity contribution >= 4 is 40.5 Å². The summed E-state index contributed by atoms with van der Waals surface area (Å²) in [5.41, 5.74) is 1.50. The fourth-order valence-electron chi connectivity index (χ4n) is 3.06. The van der Waals surface area contributed by atoms with Crippen LogP contribution in [0.3, 0.4) is 0 Å². The number of halogens is 1. The van der Waals surface area contributed by atoms with E-state index in [2.05, 4.69) is 20.2 Å². The molecule has 1 saturated heterocycles. The Morgan fingerprint density at radius 3 is 2.63 bits per heavy atom. The van der Waals surface area contributed by atoms with Gasteiger partial charge in [0.25, 0.3) is 0 Å². The molecule has 9 heteroatoms. The molecule has 2 aromatic heterocycles. The first-order chi connectivity index (χ1) is 13.0. The monoisotopic (exact) mass is 391 g/mol. The number of fused-ring (bicyclic) bond motifs is 1. The lowest BCUT2D eigenvalue weighted by Crippen LogP contribution is -2.48. The van der Waals surface area contributed by atoms with Crippen molar-refractivity contribution in [2.75, 3.05) is 38.1 Å². The third kappa shape index (κ3) is 4.84. The Kier molecular flexibility index (Phi) is 6.08. The number of carbonyl (C=O) groups excluding carboxylic acids is 2. The second kappa shape index (κ2) is 8.49. The molecule has 144 valence electrons. The molecule has 0 saturated carbocycles. The van der Waals surface area contributed by atoms with Crippen LogP contribution in [0.25, 0.3) is 11.0 Å². The quantitative estimate of drug-likeness (QED) is 0.806. The second-order valence-corrected chi connectivity index (χ2v) is 6.70. The molecule has 2 aromatic rings. The molecule has 1 aliphatic rings. The largest absolute Gasteiger partial charge is 0.450 e. The Morgan fingerprint density at radius 1 is 1.22 bits per heavy atom. The molecule has 27 heavy (non-hydrogen) atoms. The van der Waals surface area contributed by atoms with E-state index in [1.807, 2.05) is 12.1 Å². The van der Waals surface area contributed by atoms with E-state index in [4.69, 9.17) is 16.3 Å².